The number of hydrogen-bond acceptors (Lipinski definition) is 4. The second-order valence-corrected chi connectivity index (χ2v) is 7.18. The Balaban J connectivity index is 1.72. The predicted molar refractivity (Wildman–Crippen MR) is 108 cm³/mol. The molecule has 0 atom stereocenters. The molecule has 1 aliphatic rings. The highest BCUT2D eigenvalue weighted by Crippen LogP contribution is 2.16. The lowest BCUT2D eigenvalue weighted by Crippen LogP contribution is -2.23. The van der Waals surface area contributed by atoms with Crippen LogP contribution in [-0.4, -0.2) is 17.8 Å². The summed E-state index contributed by atoms with van der Waals surface area (Å²) in [6.07, 6.45) is 11.3. The molecule has 0 radical (unpaired) electrons. The Labute approximate surface area is 166 Å². The fraction of sp³-hybridized carbons (Fsp3) is 0.435. The summed E-state index contributed by atoms with van der Waals surface area (Å²) in [5.41, 5.74) is 3.48. The summed E-state index contributed by atoms with van der Waals surface area (Å²) in [5.74, 6) is -1.53. The highest BCUT2D eigenvalue weighted by atomic mass is 16.5. The Bertz CT molecular complexity index is 764. The van der Waals surface area contributed by atoms with Crippen molar-refractivity contribution in [1.29, 1.82) is 0 Å². The SMILES string of the molecule is C=CCCCCCCCc1ccc(COC(=O)CC2=CC(=O)NC2=O)c(C)c1. The number of aryl methyl sites for hydroxylation is 2. The van der Waals surface area contributed by atoms with E-state index >= 15 is 0 Å². The summed E-state index contributed by atoms with van der Waals surface area (Å²) < 4.78 is 5.26. The van der Waals surface area contributed by atoms with E-state index in [4.69, 9.17) is 4.74 Å². The van der Waals surface area contributed by atoms with Crippen LogP contribution in [-0.2, 0) is 32.1 Å². The van der Waals surface area contributed by atoms with E-state index < -0.39 is 17.8 Å². The van der Waals surface area contributed by atoms with E-state index in [9.17, 15) is 14.4 Å². The molecule has 0 spiro atoms. The number of amides is 2. The molecule has 5 nitrogen and oxygen atoms in total. The van der Waals surface area contributed by atoms with Gasteiger partial charge in [0.05, 0.1) is 6.42 Å². The van der Waals surface area contributed by atoms with Crippen LogP contribution in [0.1, 0.15) is 61.6 Å². The number of unbranched alkanes of at least 4 members (excludes halogenated alkanes) is 5. The first-order valence-electron chi connectivity index (χ1n) is 9.90. The molecule has 2 rings (SSSR count). The van der Waals surface area contributed by atoms with Crippen LogP contribution >= 0.6 is 0 Å². The van der Waals surface area contributed by atoms with Gasteiger partial charge >= 0.3 is 5.97 Å². The van der Waals surface area contributed by atoms with E-state index in [1.165, 1.54) is 37.7 Å². The van der Waals surface area contributed by atoms with Crippen molar-refractivity contribution in [2.75, 3.05) is 0 Å². The lowest BCUT2D eigenvalue weighted by atomic mass is 10.0. The minimum absolute atomic E-state index is 0.145. The predicted octanol–water partition coefficient (Wildman–Crippen LogP) is 4.08. The normalized spacial score (nSPS) is 13.2. The van der Waals surface area contributed by atoms with Gasteiger partial charge < -0.3 is 4.74 Å². The first kappa shape index (κ1) is 21.6. The van der Waals surface area contributed by atoms with Gasteiger partial charge in [0.2, 0.25) is 0 Å². The maximum Gasteiger partial charge on any atom is 0.310 e. The molecule has 1 heterocycles. The van der Waals surface area contributed by atoms with Crippen molar-refractivity contribution in [3.8, 4) is 0 Å². The van der Waals surface area contributed by atoms with E-state index in [0.29, 0.717) is 0 Å². The van der Waals surface area contributed by atoms with E-state index in [0.717, 1.165) is 30.0 Å². The van der Waals surface area contributed by atoms with Crippen molar-refractivity contribution in [2.24, 2.45) is 0 Å². The topological polar surface area (TPSA) is 72.5 Å². The lowest BCUT2D eigenvalue weighted by molar-refractivity contribution is -0.144. The third-order valence-corrected chi connectivity index (χ3v) is 4.84. The number of allylic oxidation sites excluding steroid dienone is 1. The van der Waals surface area contributed by atoms with Crippen LogP contribution in [0.3, 0.4) is 0 Å². The zero-order valence-electron chi connectivity index (χ0n) is 16.6. The number of hydrogen-bond donors (Lipinski definition) is 1. The maximum atomic E-state index is 11.9. The van der Waals surface area contributed by atoms with Crippen LogP contribution in [0.5, 0.6) is 0 Å². The molecule has 0 aromatic heterocycles. The molecule has 0 aliphatic carbocycles. The molecule has 1 N–H and O–H groups in total. The number of ether oxygens (including phenoxy) is 1. The van der Waals surface area contributed by atoms with Gasteiger partial charge in [-0.25, -0.2) is 0 Å². The smallest absolute Gasteiger partial charge is 0.310 e. The van der Waals surface area contributed by atoms with Crippen molar-refractivity contribution in [2.45, 2.75) is 64.9 Å². The van der Waals surface area contributed by atoms with Crippen LogP contribution < -0.4 is 5.32 Å². The zero-order chi connectivity index (χ0) is 20.4. The number of carbonyl (C=O) groups is 3. The van der Waals surface area contributed by atoms with Gasteiger partial charge in [-0.1, -0.05) is 43.5 Å². The van der Waals surface area contributed by atoms with Crippen LogP contribution in [0.25, 0.3) is 0 Å². The van der Waals surface area contributed by atoms with Crippen molar-refractivity contribution in [3.05, 3.63) is 59.2 Å². The summed E-state index contributed by atoms with van der Waals surface area (Å²) in [6.45, 7) is 5.91. The fourth-order valence-electron chi connectivity index (χ4n) is 3.17. The lowest BCUT2D eigenvalue weighted by Gasteiger charge is -2.10. The van der Waals surface area contributed by atoms with Gasteiger partial charge in [0.25, 0.3) is 11.8 Å². The fourth-order valence-corrected chi connectivity index (χ4v) is 3.17. The highest BCUT2D eigenvalue weighted by Gasteiger charge is 2.23. The standard InChI is InChI=1S/C23H29NO4/c1-3-4-5-6-7-8-9-10-18-11-12-19(17(2)13-18)16-28-22(26)15-20-14-21(25)24-23(20)27/h3,11-14H,1,4-10,15-16H2,2H3,(H,24,25,27). The van der Waals surface area contributed by atoms with Crippen LogP contribution in [0.15, 0.2) is 42.5 Å². The van der Waals surface area contributed by atoms with Crippen LogP contribution in [0.2, 0.25) is 0 Å². The second-order valence-electron chi connectivity index (χ2n) is 7.18. The Morgan fingerprint density at radius 3 is 2.57 bits per heavy atom. The molecule has 0 saturated carbocycles. The molecule has 0 bridgehead atoms. The van der Waals surface area contributed by atoms with Gasteiger partial charge in [-0.15, -0.1) is 6.58 Å². The average Bonchev–Trinajstić information content (AvgIpc) is 2.97. The number of esters is 1. The number of carbonyl (C=O) groups excluding carboxylic acids is 3. The summed E-state index contributed by atoms with van der Waals surface area (Å²) in [5, 5.41) is 2.11. The zero-order valence-corrected chi connectivity index (χ0v) is 16.6. The summed E-state index contributed by atoms with van der Waals surface area (Å²) in [4.78, 5) is 34.5. The van der Waals surface area contributed by atoms with Gasteiger partial charge in [-0.05, 0) is 49.3 Å². The number of benzene rings is 1. The van der Waals surface area contributed by atoms with Crippen molar-refractivity contribution < 1.29 is 19.1 Å². The minimum Gasteiger partial charge on any atom is -0.461 e. The number of rotatable bonds is 12. The van der Waals surface area contributed by atoms with Crippen molar-refractivity contribution in [3.63, 3.8) is 0 Å². The molecular weight excluding hydrogens is 354 g/mol. The Hall–Kier alpha value is -2.69. The van der Waals surface area contributed by atoms with E-state index in [1.807, 2.05) is 19.1 Å². The third kappa shape index (κ3) is 7.14. The van der Waals surface area contributed by atoms with Gasteiger partial charge in [-0.2, -0.15) is 0 Å². The van der Waals surface area contributed by atoms with Gasteiger partial charge in [0.1, 0.15) is 6.61 Å². The third-order valence-electron chi connectivity index (χ3n) is 4.84. The Kier molecular flexibility index (Phi) is 8.66. The molecule has 0 saturated heterocycles. The quantitative estimate of drug-likeness (QED) is 0.255. The molecule has 28 heavy (non-hydrogen) atoms. The van der Waals surface area contributed by atoms with E-state index in [2.05, 4.69) is 24.0 Å². The molecule has 5 heteroatoms. The van der Waals surface area contributed by atoms with Gasteiger partial charge in [0, 0.05) is 11.6 Å². The first-order valence-corrected chi connectivity index (χ1v) is 9.90. The average molecular weight is 383 g/mol. The Morgan fingerprint density at radius 1 is 1.14 bits per heavy atom. The first-order chi connectivity index (χ1) is 13.5. The van der Waals surface area contributed by atoms with Crippen molar-refractivity contribution in [1.82, 2.24) is 5.32 Å². The number of nitrogens with one attached hydrogen (secondary N) is 1. The van der Waals surface area contributed by atoms with Crippen LogP contribution in [0.4, 0.5) is 0 Å². The summed E-state index contributed by atoms with van der Waals surface area (Å²) >= 11 is 0. The molecule has 150 valence electrons. The molecular formula is C23H29NO4. The molecule has 1 aliphatic heterocycles. The number of imide groups is 1. The molecule has 0 unspecified atom stereocenters. The largest absolute Gasteiger partial charge is 0.461 e. The molecule has 1 aromatic rings. The van der Waals surface area contributed by atoms with E-state index in [-0.39, 0.29) is 18.6 Å². The molecule has 0 fully saturated rings. The van der Waals surface area contributed by atoms with Gasteiger partial charge in [0.15, 0.2) is 0 Å². The monoisotopic (exact) mass is 383 g/mol. The highest BCUT2D eigenvalue weighted by molar-refractivity contribution is 6.17. The molecule has 1 aromatic carbocycles. The second kappa shape index (κ2) is 11.2. The van der Waals surface area contributed by atoms with Crippen molar-refractivity contribution >= 4 is 17.8 Å². The summed E-state index contributed by atoms with van der Waals surface area (Å²) in [7, 11) is 0. The minimum atomic E-state index is -0.525. The summed E-state index contributed by atoms with van der Waals surface area (Å²) in [6, 6.07) is 6.22. The molecule has 2 amide bonds. The maximum absolute atomic E-state index is 11.9. The Morgan fingerprint density at radius 2 is 1.89 bits per heavy atom. The van der Waals surface area contributed by atoms with E-state index in [1.54, 1.807) is 0 Å². The van der Waals surface area contributed by atoms with Gasteiger partial charge in [-0.3, -0.25) is 19.7 Å². The van der Waals surface area contributed by atoms with Crippen LogP contribution in [0, 0.1) is 6.92 Å².